The van der Waals surface area contributed by atoms with Gasteiger partial charge in [0.2, 0.25) is 0 Å². The minimum atomic E-state index is -0.837. The van der Waals surface area contributed by atoms with Gasteiger partial charge in [0.1, 0.15) is 0 Å². The molecule has 0 saturated carbocycles. The molecule has 3 rings (SSSR count). The fourth-order valence-corrected chi connectivity index (χ4v) is 2.80. The molecule has 0 unspecified atom stereocenters. The van der Waals surface area contributed by atoms with Crippen molar-refractivity contribution in [3.63, 3.8) is 0 Å². The molecule has 1 aromatic carbocycles. The van der Waals surface area contributed by atoms with E-state index in [0.29, 0.717) is 13.0 Å². The van der Waals surface area contributed by atoms with Gasteiger partial charge in [0, 0.05) is 35.9 Å². The summed E-state index contributed by atoms with van der Waals surface area (Å²) in [7, 11) is 0. The number of benzene rings is 1. The van der Waals surface area contributed by atoms with Crippen LogP contribution in [0.1, 0.15) is 21.5 Å². The molecular weight excluding hydrogens is 324 g/mol. The lowest BCUT2D eigenvalue weighted by Crippen LogP contribution is -2.26. The number of nitrogens with one attached hydrogen (secondary N) is 3. The molecule has 0 aliphatic rings. The second kappa shape index (κ2) is 6.60. The average molecular weight is 340 g/mol. The van der Waals surface area contributed by atoms with E-state index in [9.17, 15) is 19.7 Å². The van der Waals surface area contributed by atoms with Gasteiger partial charge < -0.3 is 15.3 Å². The van der Waals surface area contributed by atoms with Crippen LogP contribution in [0, 0.1) is 17.0 Å². The van der Waals surface area contributed by atoms with Crippen LogP contribution in [0.25, 0.3) is 10.9 Å². The van der Waals surface area contributed by atoms with Crippen molar-refractivity contribution in [3.8, 4) is 0 Å². The van der Waals surface area contributed by atoms with Gasteiger partial charge in [-0.2, -0.15) is 0 Å². The Morgan fingerprint density at radius 2 is 2.08 bits per heavy atom. The van der Waals surface area contributed by atoms with Gasteiger partial charge >= 0.3 is 11.2 Å². The van der Waals surface area contributed by atoms with Crippen LogP contribution in [0.4, 0.5) is 5.69 Å². The second-order valence-corrected chi connectivity index (χ2v) is 5.68. The van der Waals surface area contributed by atoms with Crippen molar-refractivity contribution in [2.24, 2.45) is 0 Å². The fraction of sp³-hybridized carbons (Fsp3) is 0.176. The van der Waals surface area contributed by atoms with Crippen molar-refractivity contribution < 1.29 is 9.72 Å². The first-order valence-corrected chi connectivity index (χ1v) is 7.68. The van der Waals surface area contributed by atoms with E-state index >= 15 is 0 Å². The molecule has 0 bridgehead atoms. The SMILES string of the molecule is Cc1cccc2[nH]cc(CCNC(=O)c3c[nH]c(=O)c([N+](=O)[O-])c3)c12. The molecule has 0 fully saturated rings. The maximum atomic E-state index is 12.1. The maximum Gasteiger partial charge on any atom is 0.334 e. The number of hydrogen-bond acceptors (Lipinski definition) is 4. The average Bonchev–Trinajstić information content (AvgIpc) is 2.99. The first-order valence-electron chi connectivity index (χ1n) is 7.68. The summed E-state index contributed by atoms with van der Waals surface area (Å²) in [5.74, 6) is -0.476. The van der Waals surface area contributed by atoms with E-state index in [1.165, 1.54) is 6.20 Å². The zero-order valence-electron chi connectivity index (χ0n) is 13.5. The molecule has 0 aliphatic carbocycles. The highest BCUT2D eigenvalue weighted by Crippen LogP contribution is 2.22. The van der Waals surface area contributed by atoms with Crippen LogP contribution in [0.3, 0.4) is 0 Å². The molecule has 3 N–H and O–H groups in total. The van der Waals surface area contributed by atoms with Gasteiger partial charge in [-0.05, 0) is 30.5 Å². The molecule has 2 heterocycles. The number of carbonyl (C=O) groups excluding carboxylic acids is 1. The molecule has 0 spiro atoms. The highest BCUT2D eigenvalue weighted by molar-refractivity contribution is 5.94. The van der Waals surface area contributed by atoms with Crippen LogP contribution in [0.5, 0.6) is 0 Å². The van der Waals surface area contributed by atoms with Gasteiger partial charge in [-0.25, -0.2) is 0 Å². The van der Waals surface area contributed by atoms with Crippen LogP contribution in [-0.4, -0.2) is 27.3 Å². The van der Waals surface area contributed by atoms with E-state index in [-0.39, 0.29) is 5.56 Å². The van der Waals surface area contributed by atoms with Gasteiger partial charge in [-0.15, -0.1) is 0 Å². The Balaban J connectivity index is 1.69. The summed E-state index contributed by atoms with van der Waals surface area (Å²) in [6.07, 6.45) is 3.69. The lowest BCUT2D eigenvalue weighted by molar-refractivity contribution is -0.386. The van der Waals surface area contributed by atoms with Crippen LogP contribution in [0.15, 0.2) is 41.5 Å². The summed E-state index contributed by atoms with van der Waals surface area (Å²) >= 11 is 0. The van der Waals surface area contributed by atoms with Crippen LogP contribution >= 0.6 is 0 Å². The first-order chi connectivity index (χ1) is 12.0. The lowest BCUT2D eigenvalue weighted by Gasteiger charge is -2.05. The van der Waals surface area contributed by atoms with Gasteiger partial charge in [0.05, 0.1) is 10.5 Å². The Morgan fingerprint density at radius 3 is 2.84 bits per heavy atom. The molecule has 0 radical (unpaired) electrons. The standard InChI is InChI=1S/C17H16N4O4/c1-10-3-2-4-13-15(10)11(8-19-13)5-6-18-16(22)12-7-14(21(24)25)17(23)20-9-12/h2-4,7-9,19H,5-6H2,1H3,(H,18,22)(H,20,23). The number of H-pyrrole nitrogens is 2. The van der Waals surface area contributed by atoms with Gasteiger partial charge in [-0.3, -0.25) is 19.7 Å². The van der Waals surface area contributed by atoms with Crippen LogP contribution < -0.4 is 10.9 Å². The zero-order valence-corrected chi connectivity index (χ0v) is 13.5. The number of nitrogens with zero attached hydrogens (tertiary/aromatic N) is 1. The van der Waals surface area contributed by atoms with Gasteiger partial charge in [-0.1, -0.05) is 12.1 Å². The third kappa shape index (κ3) is 3.27. The smallest absolute Gasteiger partial charge is 0.334 e. The van der Waals surface area contributed by atoms with E-state index in [1.807, 2.05) is 31.3 Å². The second-order valence-electron chi connectivity index (χ2n) is 5.68. The Bertz CT molecular complexity index is 1020. The molecule has 0 aliphatic heterocycles. The molecular formula is C17H16N4O4. The molecule has 3 aromatic rings. The number of hydrogen-bond donors (Lipinski definition) is 3. The number of fused-ring (bicyclic) bond motifs is 1. The van der Waals surface area contributed by atoms with E-state index in [1.54, 1.807) is 0 Å². The topological polar surface area (TPSA) is 121 Å². The monoisotopic (exact) mass is 340 g/mol. The molecule has 8 nitrogen and oxygen atoms in total. The summed E-state index contributed by atoms with van der Waals surface area (Å²) in [6.45, 7) is 2.39. The van der Waals surface area contributed by atoms with Crippen molar-refractivity contribution in [2.45, 2.75) is 13.3 Å². The molecule has 8 heteroatoms. The lowest BCUT2D eigenvalue weighted by atomic mass is 10.1. The molecule has 128 valence electrons. The number of aromatic nitrogens is 2. The Hall–Kier alpha value is -3.42. The van der Waals surface area contributed by atoms with Gasteiger partial charge in [0.25, 0.3) is 5.91 Å². The predicted molar refractivity (Wildman–Crippen MR) is 92.8 cm³/mol. The van der Waals surface area contributed by atoms with Crippen molar-refractivity contribution >= 4 is 22.5 Å². The van der Waals surface area contributed by atoms with Crippen molar-refractivity contribution in [2.75, 3.05) is 6.54 Å². The number of carbonyl (C=O) groups is 1. The molecule has 1 amide bonds. The van der Waals surface area contributed by atoms with E-state index in [4.69, 9.17) is 0 Å². The van der Waals surface area contributed by atoms with E-state index in [0.717, 1.165) is 28.1 Å². The quantitative estimate of drug-likeness (QED) is 0.486. The zero-order chi connectivity index (χ0) is 18.0. The first kappa shape index (κ1) is 16.4. The third-order valence-electron chi connectivity index (χ3n) is 4.02. The van der Waals surface area contributed by atoms with Crippen LogP contribution in [-0.2, 0) is 6.42 Å². The maximum absolute atomic E-state index is 12.1. The van der Waals surface area contributed by atoms with Crippen molar-refractivity contribution in [3.05, 3.63) is 73.8 Å². The van der Waals surface area contributed by atoms with Crippen molar-refractivity contribution in [1.82, 2.24) is 15.3 Å². The van der Waals surface area contributed by atoms with Crippen LogP contribution in [0.2, 0.25) is 0 Å². The molecule has 0 saturated heterocycles. The van der Waals surface area contributed by atoms with Gasteiger partial charge in [0.15, 0.2) is 0 Å². The summed E-state index contributed by atoms with van der Waals surface area (Å²) < 4.78 is 0. The van der Waals surface area contributed by atoms with Crippen molar-refractivity contribution in [1.29, 1.82) is 0 Å². The fourth-order valence-electron chi connectivity index (χ4n) is 2.80. The largest absolute Gasteiger partial charge is 0.361 e. The van der Waals surface area contributed by atoms with E-state index in [2.05, 4.69) is 15.3 Å². The summed E-state index contributed by atoms with van der Waals surface area (Å²) in [6, 6.07) is 6.97. The summed E-state index contributed by atoms with van der Waals surface area (Å²) in [4.78, 5) is 38.8. The highest BCUT2D eigenvalue weighted by atomic mass is 16.6. The molecule has 2 aromatic heterocycles. The number of aromatic amines is 2. The minimum absolute atomic E-state index is 0.0430. The summed E-state index contributed by atoms with van der Waals surface area (Å²) in [5.41, 5.74) is 1.83. The predicted octanol–water partition coefficient (Wildman–Crippen LogP) is 2.05. The third-order valence-corrected chi connectivity index (χ3v) is 4.02. The Kier molecular flexibility index (Phi) is 4.34. The number of aryl methyl sites for hydroxylation is 1. The number of amides is 1. The summed E-state index contributed by atoms with van der Waals surface area (Å²) in [5, 5.41) is 14.6. The Labute approximate surface area is 142 Å². The number of rotatable bonds is 5. The normalized spacial score (nSPS) is 10.8. The molecule has 25 heavy (non-hydrogen) atoms. The molecule has 0 atom stereocenters. The highest BCUT2D eigenvalue weighted by Gasteiger charge is 2.16. The minimum Gasteiger partial charge on any atom is -0.361 e. The number of pyridine rings is 1. The Morgan fingerprint density at radius 1 is 1.28 bits per heavy atom. The number of nitro groups is 1. The van der Waals surface area contributed by atoms with E-state index < -0.39 is 22.1 Å².